The molecule has 1 aliphatic heterocycles. The zero-order valence-electron chi connectivity index (χ0n) is 12.7. The number of ether oxygens (including phenoxy) is 2. The van der Waals surface area contributed by atoms with E-state index in [9.17, 15) is 4.79 Å². The second-order valence-electron chi connectivity index (χ2n) is 5.43. The molecule has 21 heavy (non-hydrogen) atoms. The maximum absolute atomic E-state index is 11.4. The highest BCUT2D eigenvalue weighted by atomic mass is 16.5. The van der Waals surface area contributed by atoms with Crippen molar-refractivity contribution >= 4 is 23.0 Å². The van der Waals surface area contributed by atoms with E-state index in [1.54, 1.807) is 6.07 Å². The number of carbonyl (C=O) groups is 1. The number of anilines is 3. The Morgan fingerprint density at radius 2 is 2.24 bits per heavy atom. The Labute approximate surface area is 125 Å². The van der Waals surface area contributed by atoms with Gasteiger partial charge in [-0.2, -0.15) is 0 Å². The van der Waals surface area contributed by atoms with Gasteiger partial charge in [0.05, 0.1) is 29.7 Å². The first-order chi connectivity index (χ1) is 10.0. The standard InChI is InChI=1S/C15H23N3O3/c1-4-20-7-13(9(2)3)17-11-6-12-14(5-10(11)16)21-8-15(19)18-12/h5-6,9,13,17H,4,7-8,16H2,1-3H3,(H,18,19). The van der Waals surface area contributed by atoms with Gasteiger partial charge in [-0.1, -0.05) is 13.8 Å². The van der Waals surface area contributed by atoms with Crippen molar-refractivity contribution in [1.29, 1.82) is 0 Å². The minimum atomic E-state index is -0.159. The van der Waals surface area contributed by atoms with Gasteiger partial charge >= 0.3 is 0 Å². The molecular formula is C15H23N3O3. The summed E-state index contributed by atoms with van der Waals surface area (Å²) in [6.07, 6.45) is 0. The third-order valence-corrected chi connectivity index (χ3v) is 3.43. The lowest BCUT2D eigenvalue weighted by Gasteiger charge is -2.26. The Balaban J connectivity index is 2.18. The number of hydrogen-bond donors (Lipinski definition) is 3. The summed E-state index contributed by atoms with van der Waals surface area (Å²) in [7, 11) is 0. The van der Waals surface area contributed by atoms with E-state index in [0.29, 0.717) is 36.3 Å². The maximum atomic E-state index is 11.4. The van der Waals surface area contributed by atoms with Crippen LogP contribution in [0.1, 0.15) is 20.8 Å². The maximum Gasteiger partial charge on any atom is 0.262 e. The summed E-state index contributed by atoms with van der Waals surface area (Å²) >= 11 is 0. The van der Waals surface area contributed by atoms with Crippen LogP contribution in [0.25, 0.3) is 0 Å². The lowest BCUT2D eigenvalue weighted by Crippen LogP contribution is -2.31. The molecule has 6 nitrogen and oxygen atoms in total. The van der Waals surface area contributed by atoms with Gasteiger partial charge in [-0.05, 0) is 18.9 Å². The molecular weight excluding hydrogens is 270 g/mol. The summed E-state index contributed by atoms with van der Waals surface area (Å²) in [5.74, 6) is 0.828. The van der Waals surface area contributed by atoms with Crippen LogP contribution in [0.3, 0.4) is 0 Å². The average Bonchev–Trinajstić information content (AvgIpc) is 2.44. The molecule has 1 aromatic carbocycles. The molecule has 6 heteroatoms. The number of rotatable bonds is 6. The average molecular weight is 293 g/mol. The first kappa shape index (κ1) is 15.4. The number of fused-ring (bicyclic) bond motifs is 1. The molecule has 0 saturated carbocycles. The molecule has 0 fully saturated rings. The molecule has 0 bridgehead atoms. The number of hydrogen-bond acceptors (Lipinski definition) is 5. The minimum Gasteiger partial charge on any atom is -0.482 e. The molecule has 1 amide bonds. The molecule has 2 rings (SSSR count). The molecule has 0 radical (unpaired) electrons. The molecule has 0 spiro atoms. The van der Waals surface area contributed by atoms with Crippen molar-refractivity contribution in [2.75, 3.05) is 36.2 Å². The molecule has 116 valence electrons. The fourth-order valence-electron chi connectivity index (χ4n) is 2.11. The van der Waals surface area contributed by atoms with Gasteiger partial charge in [0.25, 0.3) is 5.91 Å². The zero-order valence-corrected chi connectivity index (χ0v) is 12.7. The van der Waals surface area contributed by atoms with Crippen molar-refractivity contribution in [3.63, 3.8) is 0 Å². The van der Waals surface area contributed by atoms with Crippen molar-refractivity contribution in [1.82, 2.24) is 0 Å². The van der Waals surface area contributed by atoms with Crippen LogP contribution in [0, 0.1) is 5.92 Å². The number of benzene rings is 1. The summed E-state index contributed by atoms with van der Waals surface area (Å²) in [6, 6.07) is 3.68. The first-order valence-corrected chi connectivity index (χ1v) is 7.21. The molecule has 1 unspecified atom stereocenters. The lowest BCUT2D eigenvalue weighted by atomic mass is 10.0. The van der Waals surface area contributed by atoms with E-state index in [1.807, 2.05) is 13.0 Å². The third-order valence-electron chi connectivity index (χ3n) is 3.43. The Kier molecular flexibility index (Phi) is 4.90. The minimum absolute atomic E-state index is 0.0260. The van der Waals surface area contributed by atoms with Crippen LogP contribution in [-0.2, 0) is 9.53 Å². The topological polar surface area (TPSA) is 85.6 Å². The number of nitrogens with one attached hydrogen (secondary N) is 2. The zero-order chi connectivity index (χ0) is 15.4. The number of amides is 1. The van der Waals surface area contributed by atoms with Gasteiger partial charge in [-0.25, -0.2) is 0 Å². The number of carbonyl (C=O) groups excluding carboxylic acids is 1. The van der Waals surface area contributed by atoms with E-state index in [1.165, 1.54) is 0 Å². The Morgan fingerprint density at radius 3 is 2.90 bits per heavy atom. The van der Waals surface area contributed by atoms with Crippen molar-refractivity contribution in [3.8, 4) is 5.75 Å². The highest BCUT2D eigenvalue weighted by Crippen LogP contribution is 2.35. The van der Waals surface area contributed by atoms with Crippen LogP contribution in [0.4, 0.5) is 17.1 Å². The monoisotopic (exact) mass is 293 g/mol. The third kappa shape index (κ3) is 3.78. The Hall–Kier alpha value is -1.95. The Morgan fingerprint density at radius 1 is 1.48 bits per heavy atom. The van der Waals surface area contributed by atoms with E-state index < -0.39 is 0 Å². The lowest BCUT2D eigenvalue weighted by molar-refractivity contribution is -0.118. The molecule has 0 aromatic heterocycles. The summed E-state index contributed by atoms with van der Waals surface area (Å²) in [6.45, 7) is 7.52. The van der Waals surface area contributed by atoms with Gasteiger partial charge in [0.2, 0.25) is 0 Å². The molecule has 0 aliphatic carbocycles. The van der Waals surface area contributed by atoms with Gasteiger partial charge in [0, 0.05) is 12.7 Å². The number of nitrogen functional groups attached to an aromatic ring is 1. The number of nitrogens with two attached hydrogens (primary N) is 1. The summed E-state index contributed by atoms with van der Waals surface area (Å²) in [5.41, 5.74) is 8.07. The van der Waals surface area contributed by atoms with E-state index in [2.05, 4.69) is 24.5 Å². The summed E-state index contributed by atoms with van der Waals surface area (Å²) < 4.78 is 10.8. The van der Waals surface area contributed by atoms with Crippen molar-refractivity contribution in [2.45, 2.75) is 26.8 Å². The van der Waals surface area contributed by atoms with Gasteiger partial charge in [0.15, 0.2) is 6.61 Å². The second kappa shape index (κ2) is 6.67. The van der Waals surface area contributed by atoms with Crippen LogP contribution >= 0.6 is 0 Å². The van der Waals surface area contributed by atoms with Gasteiger partial charge < -0.3 is 25.8 Å². The molecule has 1 aromatic rings. The largest absolute Gasteiger partial charge is 0.482 e. The summed E-state index contributed by atoms with van der Waals surface area (Å²) in [5, 5.41) is 6.17. The highest BCUT2D eigenvalue weighted by molar-refractivity contribution is 5.97. The smallest absolute Gasteiger partial charge is 0.262 e. The van der Waals surface area contributed by atoms with Crippen LogP contribution in [0.5, 0.6) is 5.75 Å². The molecule has 1 atom stereocenters. The normalized spacial score (nSPS) is 15.1. The first-order valence-electron chi connectivity index (χ1n) is 7.21. The van der Waals surface area contributed by atoms with Gasteiger partial charge in [-0.3, -0.25) is 4.79 Å². The van der Waals surface area contributed by atoms with Crippen LogP contribution in [0.2, 0.25) is 0 Å². The van der Waals surface area contributed by atoms with Crippen molar-refractivity contribution in [3.05, 3.63) is 12.1 Å². The quantitative estimate of drug-likeness (QED) is 0.699. The summed E-state index contributed by atoms with van der Waals surface area (Å²) in [4.78, 5) is 11.4. The molecule has 1 heterocycles. The van der Waals surface area contributed by atoms with E-state index >= 15 is 0 Å². The predicted octanol–water partition coefficient (Wildman–Crippen LogP) is 2.07. The van der Waals surface area contributed by atoms with E-state index in [0.717, 1.165) is 5.69 Å². The highest BCUT2D eigenvalue weighted by Gasteiger charge is 2.20. The van der Waals surface area contributed by atoms with Crippen LogP contribution in [-0.4, -0.2) is 31.8 Å². The van der Waals surface area contributed by atoms with E-state index in [-0.39, 0.29) is 18.6 Å². The molecule has 1 aliphatic rings. The van der Waals surface area contributed by atoms with Crippen molar-refractivity contribution < 1.29 is 14.3 Å². The Bertz CT molecular complexity index is 517. The predicted molar refractivity (Wildman–Crippen MR) is 83.7 cm³/mol. The molecule has 4 N–H and O–H groups in total. The SMILES string of the molecule is CCOCC(Nc1cc2c(cc1N)OCC(=O)N2)C(C)C. The van der Waals surface area contributed by atoms with Gasteiger partial charge in [-0.15, -0.1) is 0 Å². The van der Waals surface area contributed by atoms with Crippen LogP contribution < -0.4 is 21.1 Å². The van der Waals surface area contributed by atoms with Crippen LogP contribution in [0.15, 0.2) is 12.1 Å². The fraction of sp³-hybridized carbons (Fsp3) is 0.533. The van der Waals surface area contributed by atoms with Gasteiger partial charge in [0.1, 0.15) is 5.75 Å². The van der Waals surface area contributed by atoms with E-state index in [4.69, 9.17) is 15.2 Å². The fourth-order valence-corrected chi connectivity index (χ4v) is 2.11. The van der Waals surface area contributed by atoms with Crippen molar-refractivity contribution in [2.24, 2.45) is 5.92 Å². The second-order valence-corrected chi connectivity index (χ2v) is 5.43. The molecule has 0 saturated heterocycles.